The minimum absolute atomic E-state index is 0.192. The van der Waals surface area contributed by atoms with Crippen molar-refractivity contribution in [3.05, 3.63) is 0 Å². The highest BCUT2D eigenvalue weighted by Gasteiger charge is 2.15. The number of ether oxygens (including phenoxy) is 3. The number of esters is 1. The predicted octanol–water partition coefficient (Wildman–Crippen LogP) is 1.11. The number of nitrogens with one attached hydrogen (secondary N) is 1. The fourth-order valence-corrected chi connectivity index (χ4v) is 2.03. The minimum atomic E-state index is -0.192. The van der Waals surface area contributed by atoms with E-state index in [1.807, 2.05) is 0 Å². The zero-order valence-corrected chi connectivity index (χ0v) is 11.3. The lowest BCUT2D eigenvalue weighted by molar-refractivity contribution is -0.144. The van der Waals surface area contributed by atoms with Gasteiger partial charge in [0.25, 0.3) is 0 Å². The van der Waals surface area contributed by atoms with Crippen LogP contribution >= 0.6 is 0 Å². The molecule has 0 bridgehead atoms. The van der Waals surface area contributed by atoms with Gasteiger partial charge in [0.2, 0.25) is 0 Å². The molecule has 106 valence electrons. The first-order valence-electron chi connectivity index (χ1n) is 6.78. The van der Waals surface area contributed by atoms with E-state index in [1.165, 1.54) is 25.7 Å². The van der Waals surface area contributed by atoms with Crippen LogP contribution in [0.3, 0.4) is 0 Å². The first-order chi connectivity index (χ1) is 8.83. The van der Waals surface area contributed by atoms with Crippen molar-refractivity contribution in [2.75, 3.05) is 40.1 Å². The van der Waals surface area contributed by atoms with Crippen LogP contribution in [-0.4, -0.2) is 52.1 Å². The van der Waals surface area contributed by atoms with Crippen LogP contribution < -0.4 is 5.32 Å². The molecule has 1 N–H and O–H groups in total. The second-order valence-corrected chi connectivity index (χ2v) is 4.54. The molecule has 0 spiro atoms. The van der Waals surface area contributed by atoms with Crippen molar-refractivity contribution in [2.45, 2.75) is 38.1 Å². The standard InChI is InChI=1S/C13H25NO4/c1-16-7-4-8-17-9-10-18-13(15)11-14-12-5-2-3-6-12/h12,14H,2-11H2,1H3. The Morgan fingerprint density at radius 1 is 1.17 bits per heavy atom. The summed E-state index contributed by atoms with van der Waals surface area (Å²) in [6, 6.07) is 0.503. The predicted molar refractivity (Wildman–Crippen MR) is 68.5 cm³/mol. The molecule has 1 aliphatic carbocycles. The molecule has 1 aliphatic rings. The summed E-state index contributed by atoms with van der Waals surface area (Å²) in [7, 11) is 1.67. The van der Waals surface area contributed by atoms with Crippen molar-refractivity contribution in [1.29, 1.82) is 0 Å². The molecule has 0 aromatic rings. The van der Waals surface area contributed by atoms with Crippen molar-refractivity contribution in [1.82, 2.24) is 5.32 Å². The van der Waals surface area contributed by atoms with Gasteiger partial charge >= 0.3 is 5.97 Å². The summed E-state index contributed by atoms with van der Waals surface area (Å²) in [5, 5.41) is 3.22. The van der Waals surface area contributed by atoms with Crippen molar-refractivity contribution in [3.8, 4) is 0 Å². The lowest BCUT2D eigenvalue weighted by Crippen LogP contribution is -2.32. The van der Waals surface area contributed by atoms with Crippen LogP contribution in [0.15, 0.2) is 0 Å². The molecule has 5 heteroatoms. The zero-order chi connectivity index (χ0) is 13.1. The Morgan fingerprint density at radius 2 is 1.94 bits per heavy atom. The normalized spacial score (nSPS) is 16.1. The van der Waals surface area contributed by atoms with Gasteiger partial charge in [0, 0.05) is 26.4 Å². The third kappa shape index (κ3) is 7.63. The van der Waals surface area contributed by atoms with Crippen molar-refractivity contribution in [3.63, 3.8) is 0 Å². The van der Waals surface area contributed by atoms with E-state index in [4.69, 9.17) is 14.2 Å². The molecule has 0 unspecified atom stereocenters. The van der Waals surface area contributed by atoms with Crippen molar-refractivity contribution >= 4 is 5.97 Å². The number of rotatable bonds is 10. The van der Waals surface area contributed by atoms with E-state index < -0.39 is 0 Å². The van der Waals surface area contributed by atoms with E-state index in [-0.39, 0.29) is 5.97 Å². The summed E-state index contributed by atoms with van der Waals surface area (Å²) >= 11 is 0. The smallest absolute Gasteiger partial charge is 0.320 e. The first-order valence-corrected chi connectivity index (χ1v) is 6.78. The van der Waals surface area contributed by atoms with Gasteiger partial charge in [-0.15, -0.1) is 0 Å². The molecule has 1 fully saturated rings. The monoisotopic (exact) mass is 259 g/mol. The third-order valence-electron chi connectivity index (χ3n) is 3.02. The van der Waals surface area contributed by atoms with Crippen molar-refractivity contribution < 1.29 is 19.0 Å². The summed E-state index contributed by atoms with van der Waals surface area (Å²) < 4.78 is 15.2. The highest BCUT2D eigenvalue weighted by Crippen LogP contribution is 2.17. The second kappa shape index (κ2) is 10.3. The Labute approximate surface area is 109 Å². The molecule has 1 saturated carbocycles. The van der Waals surface area contributed by atoms with E-state index in [2.05, 4.69) is 5.32 Å². The Hall–Kier alpha value is -0.650. The van der Waals surface area contributed by atoms with Gasteiger partial charge < -0.3 is 19.5 Å². The van der Waals surface area contributed by atoms with Crippen LogP contribution in [0.25, 0.3) is 0 Å². The summed E-state index contributed by atoms with van der Waals surface area (Å²) in [6.07, 6.45) is 5.75. The maximum atomic E-state index is 11.4. The summed E-state index contributed by atoms with van der Waals surface area (Å²) in [6.45, 7) is 2.45. The van der Waals surface area contributed by atoms with E-state index in [9.17, 15) is 4.79 Å². The first kappa shape index (κ1) is 15.4. The Bertz CT molecular complexity index is 217. The largest absolute Gasteiger partial charge is 0.462 e. The van der Waals surface area contributed by atoms with Crippen molar-refractivity contribution in [2.24, 2.45) is 0 Å². The summed E-state index contributed by atoms with van der Waals surface area (Å²) in [5.41, 5.74) is 0. The van der Waals surface area contributed by atoms with Crippen LogP contribution in [0.4, 0.5) is 0 Å². The number of carbonyl (C=O) groups is 1. The molecule has 0 aliphatic heterocycles. The zero-order valence-electron chi connectivity index (χ0n) is 11.3. The Morgan fingerprint density at radius 3 is 2.67 bits per heavy atom. The van der Waals surface area contributed by atoms with Gasteiger partial charge in [-0.3, -0.25) is 4.79 Å². The van der Waals surface area contributed by atoms with E-state index in [0.29, 0.717) is 39.0 Å². The molecule has 0 heterocycles. The molecule has 0 atom stereocenters. The van der Waals surface area contributed by atoms with Gasteiger partial charge in [0.15, 0.2) is 0 Å². The van der Waals surface area contributed by atoms with Crippen LogP contribution in [0.5, 0.6) is 0 Å². The van der Waals surface area contributed by atoms with Crippen LogP contribution in [0.2, 0.25) is 0 Å². The number of hydrogen-bond donors (Lipinski definition) is 1. The Kier molecular flexibility index (Phi) is 8.81. The Balaban J connectivity index is 1.84. The topological polar surface area (TPSA) is 56.8 Å². The molecule has 0 aromatic heterocycles. The third-order valence-corrected chi connectivity index (χ3v) is 3.02. The molecule has 5 nitrogen and oxygen atoms in total. The summed E-state index contributed by atoms with van der Waals surface area (Å²) in [4.78, 5) is 11.4. The van der Waals surface area contributed by atoms with E-state index >= 15 is 0 Å². The molecular formula is C13H25NO4. The highest BCUT2D eigenvalue weighted by atomic mass is 16.6. The van der Waals surface area contributed by atoms with Gasteiger partial charge in [-0.05, 0) is 19.3 Å². The average Bonchev–Trinajstić information content (AvgIpc) is 2.88. The maximum Gasteiger partial charge on any atom is 0.320 e. The van der Waals surface area contributed by atoms with Gasteiger partial charge in [0.05, 0.1) is 13.2 Å². The molecule has 0 saturated heterocycles. The molecule has 0 aromatic carbocycles. The lowest BCUT2D eigenvalue weighted by Gasteiger charge is -2.11. The van der Waals surface area contributed by atoms with Gasteiger partial charge in [-0.25, -0.2) is 0 Å². The summed E-state index contributed by atoms with van der Waals surface area (Å²) in [5.74, 6) is -0.192. The molecule has 1 rings (SSSR count). The van der Waals surface area contributed by atoms with Gasteiger partial charge in [0.1, 0.15) is 6.61 Å². The van der Waals surface area contributed by atoms with Gasteiger partial charge in [-0.2, -0.15) is 0 Å². The van der Waals surface area contributed by atoms with Crippen LogP contribution in [0, 0.1) is 0 Å². The lowest BCUT2D eigenvalue weighted by atomic mass is 10.2. The molecular weight excluding hydrogens is 234 g/mol. The molecule has 0 amide bonds. The fourth-order valence-electron chi connectivity index (χ4n) is 2.03. The van der Waals surface area contributed by atoms with Gasteiger partial charge in [-0.1, -0.05) is 12.8 Å². The second-order valence-electron chi connectivity index (χ2n) is 4.54. The molecule has 0 radical (unpaired) electrons. The molecule has 18 heavy (non-hydrogen) atoms. The average molecular weight is 259 g/mol. The fraction of sp³-hybridized carbons (Fsp3) is 0.923. The van der Waals surface area contributed by atoms with Crippen LogP contribution in [-0.2, 0) is 19.0 Å². The SMILES string of the molecule is COCCCOCCOC(=O)CNC1CCCC1. The number of carbonyl (C=O) groups excluding carboxylic acids is 1. The quantitative estimate of drug-likeness (QED) is 0.470. The highest BCUT2D eigenvalue weighted by molar-refractivity contribution is 5.71. The van der Waals surface area contributed by atoms with E-state index in [1.54, 1.807) is 7.11 Å². The van der Waals surface area contributed by atoms with E-state index in [0.717, 1.165) is 6.42 Å². The number of hydrogen-bond acceptors (Lipinski definition) is 5. The maximum absolute atomic E-state index is 11.4. The minimum Gasteiger partial charge on any atom is -0.462 e. The van der Waals surface area contributed by atoms with Crippen LogP contribution in [0.1, 0.15) is 32.1 Å². The number of methoxy groups -OCH3 is 1.